The molecule has 0 atom stereocenters. The molecule has 0 aliphatic rings. The van der Waals surface area contributed by atoms with Crippen LogP contribution in [-0.2, 0) is 106 Å². The fourth-order valence-electron chi connectivity index (χ4n) is 0. The van der Waals surface area contributed by atoms with Crippen LogP contribution in [0.25, 0.3) is 0 Å². The maximum atomic E-state index is 8.06. The normalized spacial score (nSPS) is 0.857. The molecule has 0 fully saturated rings. The molecule has 0 spiro atoms. The Balaban J connectivity index is -0.000000000500. The second-order valence-electron chi connectivity index (χ2n) is 0. The van der Waals surface area contributed by atoms with Crippen molar-refractivity contribution in [3.8, 4) is 0 Å². The van der Waals surface area contributed by atoms with Crippen LogP contribution in [0.15, 0.2) is 0 Å². The minimum Gasteiger partial charge on any atom is 3.00 e. The largest absolute Gasteiger partial charge is 3.00 e. The van der Waals surface area contributed by atoms with Gasteiger partial charge in [0.2, 0.25) is 0 Å². The van der Waals surface area contributed by atoms with E-state index in [-0.39, 0.29) is 81.8 Å². The number of hydrogen-bond donors (Lipinski definition) is 0. The average molecular weight is 350 g/mol. The Hall–Kier alpha value is 2.63. The molecule has 0 heterocycles. The van der Waals surface area contributed by atoms with Crippen LogP contribution in [0.4, 0.5) is 0 Å². The van der Waals surface area contributed by atoms with Gasteiger partial charge < -0.3 is 16.4 Å². The van der Waals surface area contributed by atoms with Gasteiger partial charge in [-0.1, -0.05) is 0 Å². The minimum atomic E-state index is 0. The van der Waals surface area contributed by atoms with Gasteiger partial charge in [-0.25, -0.2) is 0 Å². The van der Waals surface area contributed by atoms with Gasteiger partial charge in [-0.15, -0.1) is 0 Å². The molecule has 0 unspecified atom stereocenters. The summed E-state index contributed by atoms with van der Waals surface area (Å²) in [4.78, 5) is 0. The first-order valence-corrected chi connectivity index (χ1v) is 0.728. The molecule has 0 rings (SSSR count). The topological polar surface area (TPSA) is 103 Å². The van der Waals surface area contributed by atoms with Crippen molar-refractivity contribution >= 4 is 0 Å². The summed E-state index contributed by atoms with van der Waals surface area (Å²) in [6.07, 6.45) is 0. The summed E-state index contributed by atoms with van der Waals surface area (Å²) in [6, 6.07) is 0. The Morgan fingerprint density at radius 2 is 0.714 bits per heavy atom. The molecule has 0 amide bonds. The monoisotopic (exact) mass is 349 g/mol. The van der Waals surface area contributed by atoms with Crippen LogP contribution in [-0.4, -0.2) is 0 Å². The van der Waals surface area contributed by atoms with Gasteiger partial charge >= 0.3 is 89.7 Å². The van der Waals surface area contributed by atoms with Gasteiger partial charge in [0.25, 0.3) is 0 Å². The van der Waals surface area contributed by atoms with Crippen LogP contribution in [0.2, 0.25) is 0 Å². The van der Waals surface area contributed by atoms with Crippen LogP contribution in [0.3, 0.4) is 0 Å². The second kappa shape index (κ2) is 72.7. The van der Waals surface area contributed by atoms with Gasteiger partial charge in [-0.05, 0) is 0 Å². The van der Waals surface area contributed by atoms with Crippen LogP contribution < -0.4 is 0 Å². The van der Waals surface area contributed by atoms with E-state index in [1.165, 1.54) is 0 Å². The predicted molar refractivity (Wildman–Crippen MR) is 2.75 cm³/mol. The third-order valence-corrected chi connectivity index (χ3v) is 0. The molecule has 7 heteroatoms. The zero-order chi connectivity index (χ0) is 2.00. The maximum Gasteiger partial charge on any atom is 3.00 e. The van der Waals surface area contributed by atoms with Crippen molar-refractivity contribution in [2.45, 2.75) is 0 Å². The molecule has 0 aromatic heterocycles. The second-order valence-corrected chi connectivity index (χ2v) is 0. The summed E-state index contributed by atoms with van der Waals surface area (Å²) >= 11 is 1.70. The molecule has 4 nitrogen and oxygen atoms in total. The molecule has 0 aliphatic carbocycles. The third-order valence-electron chi connectivity index (χ3n) is 0. The summed E-state index contributed by atoms with van der Waals surface area (Å²) in [5.41, 5.74) is 0. The van der Waals surface area contributed by atoms with E-state index >= 15 is 0 Å². The predicted octanol–water partition coefficient (Wildman–Crippen LogP) is -0.483. The van der Waals surface area contributed by atoms with Crippen molar-refractivity contribution in [3.63, 3.8) is 0 Å². The third kappa shape index (κ3) is 54.9. The van der Waals surface area contributed by atoms with Crippen molar-refractivity contribution in [3.05, 3.63) is 0 Å². The van der Waals surface area contributed by atoms with E-state index in [0.717, 1.165) is 0 Å². The van der Waals surface area contributed by atoms with E-state index in [1.807, 2.05) is 0 Å². The van der Waals surface area contributed by atoms with Crippen LogP contribution in [0, 0.1) is 0 Å². The molecular weight excluding hydrogens is 350 g/mol. The quantitative estimate of drug-likeness (QED) is 0.542. The van der Waals surface area contributed by atoms with Crippen molar-refractivity contribution in [1.29, 1.82) is 0 Å². The average Bonchev–Trinajstić information content (AvgIpc) is 1.00. The van der Waals surface area contributed by atoms with E-state index in [4.69, 9.17) is 3.25 Å². The summed E-state index contributed by atoms with van der Waals surface area (Å²) in [7, 11) is 0. The zero-order valence-corrected chi connectivity index (χ0v) is 10.2. The van der Waals surface area contributed by atoms with E-state index in [0.29, 0.717) is 0 Å². The Labute approximate surface area is 104 Å². The summed E-state index contributed by atoms with van der Waals surface area (Å²) in [6.45, 7) is 0. The van der Waals surface area contributed by atoms with Gasteiger partial charge in [0.15, 0.2) is 0 Å². The fourth-order valence-corrected chi connectivity index (χ4v) is 0. The Kier molecular flexibility index (Phi) is 565. The smallest absolute Gasteiger partial charge is 3.00 e. The van der Waals surface area contributed by atoms with Gasteiger partial charge in [-0.2, -0.15) is 0 Å². The molecule has 0 saturated carbocycles. The van der Waals surface area contributed by atoms with E-state index in [2.05, 4.69) is 0 Å². The van der Waals surface area contributed by atoms with E-state index in [9.17, 15) is 0 Å². The molecule has 0 aliphatic heterocycles. The molecule has 41 valence electrons. The van der Waals surface area contributed by atoms with Crippen molar-refractivity contribution in [1.82, 2.24) is 0 Å². The van der Waals surface area contributed by atoms with Crippen LogP contribution >= 0.6 is 0 Å². The molecule has 7 heavy (non-hydrogen) atoms. The minimum absolute atomic E-state index is 0. The fraction of sp³-hybridized carbons (Fsp3) is 0. The Morgan fingerprint density at radius 1 is 0.714 bits per heavy atom. The standard InChI is InChI=1S/Ag.4O.2Y/q;;3*-2;2*+3. The van der Waals surface area contributed by atoms with Crippen molar-refractivity contribution in [2.75, 3.05) is 0 Å². The van der Waals surface area contributed by atoms with Crippen molar-refractivity contribution < 1.29 is 106 Å². The maximum absolute atomic E-state index is 8.06. The van der Waals surface area contributed by atoms with Gasteiger partial charge in [-0.3, -0.25) is 0 Å². The first kappa shape index (κ1) is 54.5. The molecule has 0 radical (unpaired) electrons. The Morgan fingerprint density at radius 3 is 0.714 bits per heavy atom. The van der Waals surface area contributed by atoms with Crippen LogP contribution in [0.5, 0.6) is 0 Å². The van der Waals surface area contributed by atoms with E-state index in [1.54, 1.807) is 21.0 Å². The summed E-state index contributed by atoms with van der Waals surface area (Å²) in [5.74, 6) is 0. The first-order chi connectivity index (χ1) is 1.00. The molecular formula is AgO4Y2. The van der Waals surface area contributed by atoms with Gasteiger partial charge in [0.1, 0.15) is 0 Å². The summed E-state index contributed by atoms with van der Waals surface area (Å²) in [5, 5.41) is 0. The number of rotatable bonds is 0. The molecule has 0 N–H and O–H groups in total. The van der Waals surface area contributed by atoms with Crippen molar-refractivity contribution in [2.24, 2.45) is 0 Å². The molecule has 0 aromatic carbocycles. The number of hydrogen-bond acceptors (Lipinski definition) is 1. The zero-order valence-electron chi connectivity index (χ0n) is 3.09. The van der Waals surface area contributed by atoms with E-state index < -0.39 is 0 Å². The van der Waals surface area contributed by atoms with Gasteiger partial charge in [0, 0.05) is 0 Å². The summed E-state index contributed by atoms with van der Waals surface area (Å²) < 4.78 is 8.06. The van der Waals surface area contributed by atoms with Crippen LogP contribution in [0.1, 0.15) is 0 Å². The molecule has 0 bridgehead atoms. The SMILES string of the molecule is [O-2].[O-2].[O-2].[O]=[Ag].[Y+3].[Y+3]. The molecule has 0 saturated heterocycles. The molecule has 0 aromatic rings. The Bertz CT molecular complexity index is 9.65. The first-order valence-electron chi connectivity index (χ1n) is 0.123. The van der Waals surface area contributed by atoms with Gasteiger partial charge in [0.05, 0.1) is 0 Å².